The normalized spacial score (nSPS) is 12.5. The molecule has 1 aromatic carbocycles. The maximum Gasteiger partial charge on any atom is 0.255 e. The van der Waals surface area contributed by atoms with Crippen molar-refractivity contribution in [2.24, 2.45) is 0 Å². The maximum absolute atomic E-state index is 13.9. The van der Waals surface area contributed by atoms with Crippen LogP contribution in [-0.4, -0.2) is 25.9 Å². The Morgan fingerprint density at radius 3 is 2.67 bits per heavy atom. The Bertz CT molecular complexity index is 1020. The Hall–Kier alpha value is -2.29. The first kappa shape index (κ1) is 19.5. The monoisotopic (exact) mass is 424 g/mol. The molecule has 2 heterocycles. The number of rotatable bonds is 6. The molecule has 2 aromatic heterocycles. The first-order valence-electron chi connectivity index (χ1n) is 7.81. The molecule has 0 aliphatic rings. The lowest BCUT2D eigenvalue weighted by molar-refractivity contribution is 0.0950. The highest BCUT2D eigenvalue weighted by Gasteiger charge is 2.31. The van der Waals surface area contributed by atoms with Crippen LogP contribution in [0.2, 0.25) is 5.02 Å². The number of halogens is 2. The van der Waals surface area contributed by atoms with E-state index in [4.69, 9.17) is 11.6 Å². The summed E-state index contributed by atoms with van der Waals surface area (Å²) in [5, 5.41) is 3.02. The van der Waals surface area contributed by atoms with Gasteiger partial charge in [-0.2, -0.15) is 0 Å². The van der Waals surface area contributed by atoms with Crippen molar-refractivity contribution in [2.45, 2.75) is 9.46 Å². The molecule has 0 bridgehead atoms. The van der Waals surface area contributed by atoms with Gasteiger partial charge >= 0.3 is 0 Å². The molecular formula is C18H14ClFN2O3S2. The van der Waals surface area contributed by atoms with Gasteiger partial charge in [0.15, 0.2) is 9.84 Å². The second kappa shape index (κ2) is 8.16. The smallest absolute Gasteiger partial charge is 0.255 e. The van der Waals surface area contributed by atoms with E-state index in [-0.39, 0.29) is 21.3 Å². The third kappa shape index (κ3) is 4.18. The Kier molecular flexibility index (Phi) is 5.88. The zero-order chi connectivity index (χ0) is 19.4. The highest BCUT2D eigenvalue weighted by Crippen LogP contribution is 2.31. The molecule has 9 heteroatoms. The van der Waals surface area contributed by atoms with E-state index in [9.17, 15) is 17.6 Å². The Labute approximate surface area is 164 Å². The van der Waals surface area contributed by atoms with Gasteiger partial charge in [-0.1, -0.05) is 29.8 Å². The van der Waals surface area contributed by atoms with Crippen molar-refractivity contribution in [2.75, 3.05) is 6.54 Å². The molecule has 0 fully saturated rings. The Balaban J connectivity index is 1.90. The van der Waals surface area contributed by atoms with E-state index in [1.54, 1.807) is 23.6 Å². The average Bonchev–Trinajstić information content (AvgIpc) is 3.18. The molecule has 0 saturated carbocycles. The maximum atomic E-state index is 13.9. The van der Waals surface area contributed by atoms with E-state index < -0.39 is 26.8 Å². The van der Waals surface area contributed by atoms with Crippen LogP contribution in [0.3, 0.4) is 0 Å². The zero-order valence-corrected chi connectivity index (χ0v) is 16.2. The predicted molar refractivity (Wildman–Crippen MR) is 102 cm³/mol. The first-order valence-corrected chi connectivity index (χ1v) is 10.6. The molecule has 1 atom stereocenters. The minimum absolute atomic E-state index is 0.0495. The molecule has 5 nitrogen and oxygen atoms in total. The number of pyridine rings is 1. The van der Waals surface area contributed by atoms with Gasteiger partial charge in [0.05, 0.1) is 10.6 Å². The molecule has 0 saturated heterocycles. The van der Waals surface area contributed by atoms with Crippen LogP contribution in [0.4, 0.5) is 4.39 Å². The van der Waals surface area contributed by atoms with Crippen LogP contribution < -0.4 is 5.32 Å². The number of thiophene rings is 1. The number of carbonyl (C=O) groups is 1. The molecule has 1 amide bonds. The van der Waals surface area contributed by atoms with Crippen LogP contribution in [0, 0.1) is 5.82 Å². The zero-order valence-electron chi connectivity index (χ0n) is 13.8. The molecule has 3 aromatic rings. The van der Waals surface area contributed by atoms with Gasteiger partial charge < -0.3 is 5.32 Å². The van der Waals surface area contributed by atoms with Crippen molar-refractivity contribution in [1.82, 2.24) is 10.3 Å². The van der Waals surface area contributed by atoms with Gasteiger partial charge in [0.25, 0.3) is 5.91 Å². The molecule has 0 aliphatic heterocycles. The van der Waals surface area contributed by atoms with Crippen molar-refractivity contribution >= 4 is 38.7 Å². The Morgan fingerprint density at radius 2 is 2.04 bits per heavy atom. The van der Waals surface area contributed by atoms with Crippen LogP contribution in [0.25, 0.3) is 0 Å². The van der Waals surface area contributed by atoms with Gasteiger partial charge in [-0.3, -0.25) is 9.78 Å². The summed E-state index contributed by atoms with van der Waals surface area (Å²) in [7, 11) is -3.77. The third-order valence-electron chi connectivity index (χ3n) is 3.84. The molecule has 1 N–H and O–H groups in total. The van der Waals surface area contributed by atoms with E-state index in [0.29, 0.717) is 5.56 Å². The van der Waals surface area contributed by atoms with Crippen LogP contribution in [0.5, 0.6) is 0 Å². The van der Waals surface area contributed by atoms with Crippen molar-refractivity contribution in [3.63, 3.8) is 0 Å². The largest absolute Gasteiger partial charge is 0.350 e. The number of benzene rings is 1. The summed E-state index contributed by atoms with van der Waals surface area (Å²) in [5.74, 6) is -1.56. The molecule has 27 heavy (non-hydrogen) atoms. The minimum Gasteiger partial charge on any atom is -0.350 e. The fraction of sp³-hybridized carbons (Fsp3) is 0.111. The van der Waals surface area contributed by atoms with E-state index in [0.717, 1.165) is 17.4 Å². The topological polar surface area (TPSA) is 76.1 Å². The minimum atomic E-state index is -3.77. The lowest BCUT2D eigenvalue weighted by Crippen LogP contribution is -2.32. The van der Waals surface area contributed by atoms with E-state index in [1.807, 2.05) is 0 Å². The number of aromatic nitrogens is 1. The summed E-state index contributed by atoms with van der Waals surface area (Å²) in [6, 6.07) is 10.2. The average molecular weight is 425 g/mol. The summed E-state index contributed by atoms with van der Waals surface area (Å²) < 4.78 is 40.1. The number of hydrogen-bond donors (Lipinski definition) is 1. The number of carbonyl (C=O) groups excluding carboxylic acids is 1. The van der Waals surface area contributed by atoms with E-state index >= 15 is 0 Å². The number of sulfone groups is 1. The highest BCUT2D eigenvalue weighted by molar-refractivity contribution is 7.93. The molecular weight excluding hydrogens is 411 g/mol. The number of nitrogens with zero attached hydrogens (tertiary/aromatic N) is 1. The predicted octanol–water partition coefficient (Wildman–Crippen LogP) is 3.88. The fourth-order valence-corrected chi connectivity index (χ4v) is 5.63. The quantitative estimate of drug-likeness (QED) is 0.651. The van der Waals surface area contributed by atoms with Crippen LogP contribution in [0.15, 0.2) is 64.4 Å². The van der Waals surface area contributed by atoms with Crippen molar-refractivity contribution in [3.05, 3.63) is 82.2 Å². The van der Waals surface area contributed by atoms with E-state index in [1.165, 1.54) is 30.6 Å². The fourth-order valence-electron chi connectivity index (χ4n) is 2.53. The van der Waals surface area contributed by atoms with Gasteiger partial charge in [0.1, 0.15) is 15.3 Å². The summed E-state index contributed by atoms with van der Waals surface area (Å²) in [4.78, 5) is 16.4. The van der Waals surface area contributed by atoms with Crippen LogP contribution >= 0.6 is 22.9 Å². The lowest BCUT2D eigenvalue weighted by Gasteiger charge is -2.18. The van der Waals surface area contributed by atoms with Gasteiger partial charge in [0, 0.05) is 18.9 Å². The van der Waals surface area contributed by atoms with Crippen LogP contribution in [-0.2, 0) is 9.84 Å². The SMILES string of the molecule is O=C(NCC(c1cccnc1)S(=O)(=O)c1cccs1)c1c(F)cccc1Cl. The molecule has 0 radical (unpaired) electrons. The van der Waals surface area contributed by atoms with Gasteiger partial charge in [0.2, 0.25) is 0 Å². The van der Waals surface area contributed by atoms with Gasteiger partial charge in [-0.25, -0.2) is 12.8 Å². The molecule has 1 unspecified atom stereocenters. The first-order chi connectivity index (χ1) is 12.9. The summed E-state index contributed by atoms with van der Waals surface area (Å²) in [6.07, 6.45) is 2.95. The Morgan fingerprint density at radius 1 is 1.22 bits per heavy atom. The second-order valence-electron chi connectivity index (χ2n) is 5.56. The number of hydrogen-bond acceptors (Lipinski definition) is 5. The molecule has 140 valence electrons. The molecule has 0 spiro atoms. The highest BCUT2D eigenvalue weighted by atomic mass is 35.5. The molecule has 0 aliphatic carbocycles. The standard InChI is InChI=1S/C18H14ClFN2O3S2/c19-13-5-1-6-14(20)17(13)18(23)22-11-15(12-4-2-8-21-10-12)27(24,25)16-7-3-9-26-16/h1-10,15H,11H2,(H,22,23). The van der Waals surface area contributed by atoms with Crippen LogP contribution in [0.1, 0.15) is 21.2 Å². The number of amides is 1. The number of nitrogens with one attached hydrogen (secondary N) is 1. The summed E-state index contributed by atoms with van der Waals surface area (Å²) in [5.41, 5.74) is 0.100. The molecule has 3 rings (SSSR count). The second-order valence-corrected chi connectivity index (χ2v) is 9.27. The van der Waals surface area contributed by atoms with E-state index in [2.05, 4.69) is 10.3 Å². The summed E-state index contributed by atoms with van der Waals surface area (Å²) >= 11 is 6.99. The third-order valence-corrected chi connectivity index (χ3v) is 7.69. The summed E-state index contributed by atoms with van der Waals surface area (Å²) in [6.45, 7) is -0.255. The van der Waals surface area contributed by atoms with Crippen molar-refractivity contribution in [3.8, 4) is 0 Å². The van der Waals surface area contributed by atoms with Crippen molar-refractivity contribution < 1.29 is 17.6 Å². The lowest BCUT2D eigenvalue weighted by atomic mass is 10.1. The van der Waals surface area contributed by atoms with Gasteiger partial charge in [-0.05, 0) is 35.2 Å². The van der Waals surface area contributed by atoms with Gasteiger partial charge in [-0.15, -0.1) is 11.3 Å². The van der Waals surface area contributed by atoms with Crippen molar-refractivity contribution in [1.29, 1.82) is 0 Å².